The number of amides is 1. The molecule has 0 radical (unpaired) electrons. The molecule has 5 rings (SSSR count). The van der Waals surface area contributed by atoms with Crippen molar-refractivity contribution in [1.82, 2.24) is 25.6 Å². The van der Waals surface area contributed by atoms with Gasteiger partial charge in [0, 0.05) is 31.7 Å². The molecule has 2 aromatic heterocycles. The van der Waals surface area contributed by atoms with Crippen molar-refractivity contribution in [3.05, 3.63) is 75.7 Å². The van der Waals surface area contributed by atoms with Crippen LogP contribution in [0.3, 0.4) is 0 Å². The van der Waals surface area contributed by atoms with E-state index >= 15 is 0 Å². The number of phenolic OH excluding ortho intramolecular Hbond substituents is 1. The summed E-state index contributed by atoms with van der Waals surface area (Å²) in [6.07, 6.45) is 1.82. The highest BCUT2D eigenvalue weighted by molar-refractivity contribution is 7.17. The molecule has 2 aromatic carbocycles. The second-order valence-electron chi connectivity index (χ2n) is 7.90. The number of nitrogens with one attached hydrogen (secondary N) is 2. The van der Waals surface area contributed by atoms with Crippen molar-refractivity contribution in [3.63, 3.8) is 0 Å². The van der Waals surface area contributed by atoms with Crippen LogP contribution in [-0.2, 0) is 6.54 Å². The fourth-order valence-electron chi connectivity index (χ4n) is 3.95. The molecule has 0 bridgehead atoms. The fourth-order valence-corrected chi connectivity index (χ4v) is 4.91. The molecule has 34 heavy (non-hydrogen) atoms. The number of benzene rings is 2. The molecule has 1 aliphatic heterocycles. The van der Waals surface area contributed by atoms with Gasteiger partial charge in [-0.3, -0.25) is 4.79 Å². The molecule has 1 fully saturated rings. The summed E-state index contributed by atoms with van der Waals surface area (Å²) in [5, 5.41) is 25.2. The molecule has 0 aliphatic carbocycles. The van der Waals surface area contributed by atoms with Crippen molar-refractivity contribution in [1.29, 1.82) is 0 Å². The summed E-state index contributed by atoms with van der Waals surface area (Å²) in [6, 6.07) is 16.8. The number of halogens is 1. The summed E-state index contributed by atoms with van der Waals surface area (Å²) >= 11 is 7.16. The molecule has 3 N–H and O–H groups in total. The van der Waals surface area contributed by atoms with Gasteiger partial charge in [-0.2, -0.15) is 0 Å². The number of hydrogen-bond donors (Lipinski definition) is 3. The molecule has 0 unspecified atom stereocenters. The van der Waals surface area contributed by atoms with E-state index in [1.165, 1.54) is 11.3 Å². The van der Waals surface area contributed by atoms with Crippen molar-refractivity contribution < 1.29 is 9.90 Å². The Bertz CT molecular complexity index is 1310. The van der Waals surface area contributed by atoms with Gasteiger partial charge in [-0.25, -0.2) is 4.68 Å². The number of carbonyl (C=O) groups is 1. The summed E-state index contributed by atoms with van der Waals surface area (Å²) < 4.78 is 2.30. The Morgan fingerprint density at radius 2 is 1.94 bits per heavy atom. The summed E-state index contributed by atoms with van der Waals surface area (Å²) in [5.74, 6) is 0.0484. The Morgan fingerprint density at radius 1 is 1.12 bits per heavy atom. The lowest BCUT2D eigenvalue weighted by Gasteiger charge is -2.31. The number of anilines is 1. The zero-order valence-corrected chi connectivity index (χ0v) is 19.8. The van der Waals surface area contributed by atoms with Crippen LogP contribution in [0.4, 0.5) is 5.69 Å². The topological polar surface area (TPSA) is 95.3 Å². The van der Waals surface area contributed by atoms with E-state index in [2.05, 4.69) is 31.9 Å². The smallest absolute Gasteiger partial charge is 0.261 e. The molecule has 1 saturated heterocycles. The predicted molar refractivity (Wildman–Crippen MR) is 134 cm³/mol. The van der Waals surface area contributed by atoms with Crippen LogP contribution in [0.5, 0.6) is 5.75 Å². The first kappa shape index (κ1) is 22.4. The molecule has 0 saturated carbocycles. The quantitative estimate of drug-likeness (QED) is 0.378. The van der Waals surface area contributed by atoms with E-state index in [1.807, 2.05) is 36.5 Å². The van der Waals surface area contributed by atoms with E-state index in [1.54, 1.807) is 22.9 Å². The Balaban J connectivity index is 1.42. The molecular weight excluding hydrogens is 472 g/mol. The standard InChI is InChI=1S/C24H23ClN6O2S/c25-23-8-7-22(34-23)24(33)27-14-17-15-31(29-28-17)19-6-5-16(18-3-1-2-4-21(18)32)13-20(19)30-11-9-26-10-12-30/h1-8,13,15,26,32H,9-12,14H2,(H,27,33). The molecular formula is C24H23ClN6O2S. The normalized spacial score (nSPS) is 13.7. The zero-order valence-electron chi connectivity index (χ0n) is 18.2. The fraction of sp³-hybridized carbons (Fsp3) is 0.208. The van der Waals surface area contributed by atoms with Crippen molar-refractivity contribution >= 4 is 34.5 Å². The van der Waals surface area contributed by atoms with Crippen LogP contribution in [0.1, 0.15) is 15.4 Å². The number of hydrogen-bond acceptors (Lipinski definition) is 7. The van der Waals surface area contributed by atoms with Crippen molar-refractivity contribution in [2.45, 2.75) is 6.54 Å². The van der Waals surface area contributed by atoms with Gasteiger partial charge in [-0.05, 0) is 35.9 Å². The van der Waals surface area contributed by atoms with E-state index < -0.39 is 0 Å². The number of piperazine rings is 1. The van der Waals surface area contributed by atoms with Gasteiger partial charge < -0.3 is 20.6 Å². The van der Waals surface area contributed by atoms with Crippen LogP contribution in [0.2, 0.25) is 4.34 Å². The van der Waals surface area contributed by atoms with Crippen LogP contribution in [0, 0.1) is 0 Å². The van der Waals surface area contributed by atoms with Crippen molar-refractivity contribution in [2.24, 2.45) is 0 Å². The third kappa shape index (κ3) is 4.77. The van der Waals surface area contributed by atoms with E-state index in [9.17, 15) is 9.90 Å². The second kappa shape index (κ2) is 9.84. The third-order valence-electron chi connectivity index (χ3n) is 5.66. The van der Waals surface area contributed by atoms with Crippen LogP contribution in [-0.4, -0.2) is 52.2 Å². The SMILES string of the molecule is O=C(NCc1cn(-c2ccc(-c3ccccc3O)cc2N2CCNCC2)nn1)c1ccc(Cl)s1. The first-order valence-electron chi connectivity index (χ1n) is 10.9. The summed E-state index contributed by atoms with van der Waals surface area (Å²) in [4.78, 5) is 15.2. The van der Waals surface area contributed by atoms with Crippen molar-refractivity contribution in [3.8, 4) is 22.6 Å². The molecule has 0 atom stereocenters. The molecule has 0 spiro atoms. The highest BCUT2D eigenvalue weighted by Gasteiger charge is 2.18. The van der Waals surface area contributed by atoms with Gasteiger partial charge in [0.1, 0.15) is 11.4 Å². The number of aromatic nitrogens is 3. The predicted octanol–water partition coefficient (Wildman–Crippen LogP) is 3.69. The maximum Gasteiger partial charge on any atom is 0.261 e. The zero-order chi connectivity index (χ0) is 23.5. The lowest BCUT2D eigenvalue weighted by molar-refractivity contribution is 0.0954. The lowest BCUT2D eigenvalue weighted by Crippen LogP contribution is -2.43. The van der Waals surface area contributed by atoms with E-state index in [-0.39, 0.29) is 18.2 Å². The van der Waals surface area contributed by atoms with Gasteiger partial charge in [-0.15, -0.1) is 16.4 Å². The minimum absolute atomic E-state index is 0.194. The summed E-state index contributed by atoms with van der Waals surface area (Å²) in [5.41, 5.74) is 4.25. The highest BCUT2D eigenvalue weighted by Crippen LogP contribution is 2.34. The monoisotopic (exact) mass is 494 g/mol. The van der Waals surface area contributed by atoms with Gasteiger partial charge >= 0.3 is 0 Å². The number of phenols is 1. The molecule has 10 heteroatoms. The second-order valence-corrected chi connectivity index (χ2v) is 9.61. The number of carbonyl (C=O) groups excluding carboxylic acids is 1. The molecule has 3 heterocycles. The minimum Gasteiger partial charge on any atom is -0.507 e. The Hall–Kier alpha value is -3.40. The van der Waals surface area contributed by atoms with Gasteiger partial charge in [-0.1, -0.05) is 41.1 Å². The van der Waals surface area contributed by atoms with Gasteiger partial charge in [0.15, 0.2) is 0 Å². The molecule has 1 aliphatic rings. The third-order valence-corrected chi connectivity index (χ3v) is 6.89. The minimum atomic E-state index is -0.194. The van der Waals surface area contributed by atoms with Crippen LogP contribution < -0.4 is 15.5 Å². The first-order chi connectivity index (χ1) is 16.6. The summed E-state index contributed by atoms with van der Waals surface area (Å²) in [6.45, 7) is 3.76. The van der Waals surface area contributed by atoms with Crippen LogP contribution in [0.25, 0.3) is 16.8 Å². The first-order valence-corrected chi connectivity index (χ1v) is 12.1. The van der Waals surface area contributed by atoms with Gasteiger partial charge in [0.05, 0.1) is 33.3 Å². The van der Waals surface area contributed by atoms with Crippen LogP contribution >= 0.6 is 22.9 Å². The Labute approximate surface area is 205 Å². The maximum absolute atomic E-state index is 12.3. The Morgan fingerprint density at radius 3 is 2.71 bits per heavy atom. The highest BCUT2D eigenvalue weighted by atomic mass is 35.5. The number of para-hydroxylation sites is 1. The van der Waals surface area contributed by atoms with E-state index in [4.69, 9.17) is 11.6 Å². The average molecular weight is 495 g/mol. The van der Waals surface area contributed by atoms with Crippen molar-refractivity contribution in [2.75, 3.05) is 31.1 Å². The molecule has 1 amide bonds. The number of aromatic hydroxyl groups is 1. The largest absolute Gasteiger partial charge is 0.507 e. The maximum atomic E-state index is 12.3. The van der Waals surface area contributed by atoms with Gasteiger partial charge in [0.2, 0.25) is 0 Å². The van der Waals surface area contributed by atoms with E-state index in [0.29, 0.717) is 14.9 Å². The number of rotatable bonds is 6. The molecule has 8 nitrogen and oxygen atoms in total. The van der Waals surface area contributed by atoms with E-state index in [0.717, 1.165) is 48.7 Å². The summed E-state index contributed by atoms with van der Waals surface area (Å²) in [7, 11) is 0. The lowest BCUT2D eigenvalue weighted by atomic mass is 10.0. The molecule has 4 aromatic rings. The number of nitrogens with zero attached hydrogens (tertiary/aromatic N) is 4. The number of thiophene rings is 1. The Kier molecular flexibility index (Phi) is 6.48. The average Bonchev–Trinajstić information content (AvgIpc) is 3.52. The molecule has 174 valence electrons. The van der Waals surface area contributed by atoms with Crippen LogP contribution in [0.15, 0.2) is 60.8 Å². The van der Waals surface area contributed by atoms with Gasteiger partial charge in [0.25, 0.3) is 5.91 Å².